The van der Waals surface area contributed by atoms with Gasteiger partial charge in [0.1, 0.15) is 13.2 Å². The number of phosphoric acid groups is 1. The van der Waals surface area contributed by atoms with E-state index in [0.717, 1.165) is 64.2 Å². The monoisotopic (exact) mass is 630 g/mol. The number of phosphoric ester groups is 1. The maximum atomic E-state index is 12.7. The van der Waals surface area contributed by atoms with Crippen molar-refractivity contribution in [1.82, 2.24) is 5.32 Å². The third-order valence-electron chi connectivity index (χ3n) is 7.44. The van der Waals surface area contributed by atoms with E-state index in [1.54, 1.807) is 0 Å². The lowest BCUT2D eigenvalue weighted by molar-refractivity contribution is -0.870. The molecule has 0 rings (SSSR count). The first-order valence-electron chi connectivity index (χ1n) is 17.2. The molecule has 0 fully saturated rings. The van der Waals surface area contributed by atoms with Gasteiger partial charge in [0, 0.05) is 6.42 Å². The van der Waals surface area contributed by atoms with Gasteiger partial charge in [-0.2, -0.15) is 0 Å². The van der Waals surface area contributed by atoms with Crippen LogP contribution in [0.3, 0.4) is 0 Å². The number of amides is 1. The number of hydrogen-bond donors (Lipinski definition) is 2. The molecular weight excluding hydrogens is 563 g/mol. The molecular formula is C34H67N2O6P. The normalized spacial score (nSPS) is 15.2. The van der Waals surface area contributed by atoms with E-state index in [1.807, 2.05) is 21.1 Å². The Morgan fingerprint density at radius 1 is 0.814 bits per heavy atom. The summed E-state index contributed by atoms with van der Waals surface area (Å²) >= 11 is 0. The number of nitrogens with one attached hydrogen (secondary N) is 1. The molecule has 0 aromatic rings. The van der Waals surface area contributed by atoms with Gasteiger partial charge in [-0.15, -0.1) is 0 Å². The van der Waals surface area contributed by atoms with E-state index in [4.69, 9.17) is 9.05 Å². The molecule has 0 saturated carbocycles. The average Bonchev–Trinajstić information content (AvgIpc) is 2.94. The Morgan fingerprint density at radius 2 is 1.35 bits per heavy atom. The summed E-state index contributed by atoms with van der Waals surface area (Å²) in [6.07, 6.45) is 27.7. The number of rotatable bonds is 30. The second kappa shape index (κ2) is 27.3. The number of quaternary nitrogens is 1. The molecule has 1 amide bonds. The van der Waals surface area contributed by atoms with Crippen molar-refractivity contribution in [1.29, 1.82) is 0 Å². The Hall–Kier alpha value is -1.02. The van der Waals surface area contributed by atoms with Gasteiger partial charge in [-0.25, -0.2) is 0 Å². The van der Waals surface area contributed by atoms with Gasteiger partial charge in [-0.3, -0.25) is 9.36 Å². The van der Waals surface area contributed by atoms with Crippen molar-refractivity contribution in [3.63, 3.8) is 0 Å². The summed E-state index contributed by atoms with van der Waals surface area (Å²) in [5.74, 6) is -0.187. The maximum Gasteiger partial charge on any atom is 0.268 e. The standard InChI is InChI=1S/C34H67N2O6P/c1-6-8-10-12-14-15-16-17-18-19-20-21-22-24-26-28-34(38)35-32(33(37)27-25-23-13-11-9-7-2)31-42-43(39,40)41-30-29-36(3,4)5/h14-15,17-18,32-33,37H,6-13,16,19-31H2,1-5H3,(H-,35,38,39,40)/b15-14-,18-17-. The molecule has 3 atom stereocenters. The number of likely N-dealkylation sites (N-methyl/N-ethyl adjacent to an activating group) is 1. The van der Waals surface area contributed by atoms with E-state index >= 15 is 0 Å². The highest BCUT2D eigenvalue weighted by Crippen LogP contribution is 2.38. The van der Waals surface area contributed by atoms with E-state index < -0.39 is 20.0 Å². The van der Waals surface area contributed by atoms with E-state index in [9.17, 15) is 19.4 Å². The summed E-state index contributed by atoms with van der Waals surface area (Å²) in [4.78, 5) is 25.0. The second-order valence-electron chi connectivity index (χ2n) is 12.9. The average molecular weight is 631 g/mol. The van der Waals surface area contributed by atoms with E-state index in [0.29, 0.717) is 23.9 Å². The van der Waals surface area contributed by atoms with Gasteiger partial charge in [-0.1, -0.05) is 109 Å². The molecule has 0 aromatic carbocycles. The minimum absolute atomic E-state index is 0.00837. The highest BCUT2D eigenvalue weighted by Gasteiger charge is 2.24. The van der Waals surface area contributed by atoms with Crippen LogP contribution in [0, 0.1) is 0 Å². The molecule has 3 unspecified atom stereocenters. The van der Waals surface area contributed by atoms with Gasteiger partial charge in [-0.05, 0) is 44.9 Å². The van der Waals surface area contributed by atoms with E-state index in [1.165, 1.54) is 44.9 Å². The quantitative estimate of drug-likeness (QED) is 0.0366. The van der Waals surface area contributed by atoms with Gasteiger partial charge in [0.15, 0.2) is 0 Å². The predicted octanol–water partition coefficient (Wildman–Crippen LogP) is 7.60. The van der Waals surface area contributed by atoms with Gasteiger partial charge >= 0.3 is 0 Å². The lowest BCUT2D eigenvalue weighted by atomic mass is 10.0. The SMILES string of the molecule is CCCCC/C=C\C/C=C\CCCCCCCC(=O)NC(COP(=O)([O-])OCC[N+](C)(C)C)C(O)CCCCCCCC. The van der Waals surface area contributed by atoms with Crippen molar-refractivity contribution >= 4 is 13.7 Å². The highest BCUT2D eigenvalue weighted by atomic mass is 31.2. The fourth-order valence-corrected chi connectivity index (χ4v) is 5.32. The van der Waals surface area contributed by atoms with Gasteiger partial charge in [0.2, 0.25) is 5.91 Å². The number of carbonyl (C=O) groups is 1. The van der Waals surface area contributed by atoms with Crippen LogP contribution >= 0.6 is 7.82 Å². The van der Waals surface area contributed by atoms with Crippen LogP contribution in [0.4, 0.5) is 0 Å². The van der Waals surface area contributed by atoms with Crippen LogP contribution in [0.25, 0.3) is 0 Å². The van der Waals surface area contributed by atoms with Crippen molar-refractivity contribution in [3.05, 3.63) is 24.3 Å². The third-order valence-corrected chi connectivity index (χ3v) is 8.41. The van der Waals surface area contributed by atoms with Crippen molar-refractivity contribution in [2.45, 2.75) is 148 Å². The molecule has 8 nitrogen and oxygen atoms in total. The Labute approximate surface area is 264 Å². The zero-order valence-corrected chi connectivity index (χ0v) is 29.3. The lowest BCUT2D eigenvalue weighted by Gasteiger charge is -2.30. The molecule has 0 aliphatic heterocycles. The molecule has 0 bridgehead atoms. The Morgan fingerprint density at radius 3 is 1.98 bits per heavy atom. The summed E-state index contributed by atoms with van der Waals surface area (Å²) in [5.41, 5.74) is 0. The maximum absolute atomic E-state index is 12.7. The molecule has 254 valence electrons. The molecule has 2 N–H and O–H groups in total. The summed E-state index contributed by atoms with van der Waals surface area (Å²) in [5, 5.41) is 13.6. The van der Waals surface area contributed by atoms with E-state index in [-0.39, 0.29) is 19.1 Å². The van der Waals surface area contributed by atoms with Gasteiger partial charge < -0.3 is 28.8 Å². The molecule has 0 aliphatic rings. The molecule has 0 aromatic heterocycles. The number of hydrogen-bond acceptors (Lipinski definition) is 6. The van der Waals surface area contributed by atoms with Crippen LogP contribution in [0.1, 0.15) is 136 Å². The van der Waals surface area contributed by atoms with Crippen molar-refractivity contribution in [2.24, 2.45) is 0 Å². The first kappa shape index (κ1) is 42.0. The Bertz CT molecular complexity index is 768. The largest absolute Gasteiger partial charge is 0.756 e. The smallest absolute Gasteiger partial charge is 0.268 e. The third kappa shape index (κ3) is 29.5. The van der Waals surface area contributed by atoms with Crippen LogP contribution in [-0.4, -0.2) is 68.5 Å². The van der Waals surface area contributed by atoms with Crippen molar-refractivity contribution in [2.75, 3.05) is 40.9 Å². The van der Waals surface area contributed by atoms with Crippen molar-refractivity contribution < 1.29 is 32.9 Å². The lowest BCUT2D eigenvalue weighted by Crippen LogP contribution is -2.46. The zero-order valence-electron chi connectivity index (χ0n) is 28.4. The Kier molecular flexibility index (Phi) is 26.7. The van der Waals surface area contributed by atoms with Gasteiger partial charge in [0.05, 0.1) is 39.9 Å². The summed E-state index contributed by atoms with van der Waals surface area (Å²) in [6.45, 7) is 4.58. The topological polar surface area (TPSA) is 108 Å². The van der Waals surface area contributed by atoms with Gasteiger partial charge in [0.25, 0.3) is 7.82 Å². The molecule has 9 heteroatoms. The predicted molar refractivity (Wildman–Crippen MR) is 178 cm³/mol. The summed E-state index contributed by atoms with van der Waals surface area (Å²) in [7, 11) is 1.28. The number of aliphatic hydroxyl groups excluding tert-OH is 1. The minimum Gasteiger partial charge on any atom is -0.756 e. The fraction of sp³-hybridized carbons (Fsp3) is 0.853. The van der Waals surface area contributed by atoms with Crippen LogP contribution in [0.15, 0.2) is 24.3 Å². The van der Waals surface area contributed by atoms with Crippen LogP contribution in [0.2, 0.25) is 0 Å². The molecule has 43 heavy (non-hydrogen) atoms. The number of nitrogens with zero attached hydrogens (tertiary/aromatic N) is 1. The number of aliphatic hydroxyl groups is 1. The molecule has 0 aliphatic carbocycles. The molecule has 0 spiro atoms. The first-order chi connectivity index (χ1) is 20.5. The summed E-state index contributed by atoms with van der Waals surface area (Å²) in [6, 6.07) is -0.801. The van der Waals surface area contributed by atoms with E-state index in [2.05, 4.69) is 43.5 Å². The fourth-order valence-electron chi connectivity index (χ4n) is 4.60. The first-order valence-corrected chi connectivity index (χ1v) is 18.6. The summed E-state index contributed by atoms with van der Waals surface area (Å²) < 4.78 is 23.0. The van der Waals surface area contributed by atoms with Crippen LogP contribution in [0.5, 0.6) is 0 Å². The van der Waals surface area contributed by atoms with Crippen LogP contribution < -0.4 is 10.2 Å². The molecule has 0 radical (unpaired) electrons. The number of allylic oxidation sites excluding steroid dienone is 4. The minimum atomic E-state index is -4.54. The number of carbonyl (C=O) groups excluding carboxylic acids is 1. The Balaban J connectivity index is 4.43. The molecule has 0 heterocycles. The molecule has 0 saturated heterocycles. The van der Waals surface area contributed by atoms with Crippen LogP contribution in [-0.2, 0) is 18.4 Å². The zero-order chi connectivity index (χ0) is 32.2. The number of unbranched alkanes of at least 4 members (excludes halogenated alkanes) is 13. The highest BCUT2D eigenvalue weighted by molar-refractivity contribution is 7.45. The van der Waals surface area contributed by atoms with Crippen molar-refractivity contribution in [3.8, 4) is 0 Å². The second-order valence-corrected chi connectivity index (χ2v) is 14.3.